The number of nitrogens with one attached hydrogen (secondary N) is 2. The molecule has 2 N–H and O–H groups in total. The van der Waals surface area contributed by atoms with Gasteiger partial charge in [0.25, 0.3) is 5.56 Å². The van der Waals surface area contributed by atoms with Crippen molar-refractivity contribution >= 4 is 17.6 Å². The quantitative estimate of drug-likeness (QED) is 0.502. The number of carbonyl (C=O) groups is 2. The summed E-state index contributed by atoms with van der Waals surface area (Å²) >= 11 is 0. The van der Waals surface area contributed by atoms with Crippen LogP contribution < -0.4 is 25.7 Å². The Morgan fingerprint density at radius 1 is 0.947 bits per heavy atom. The molecule has 1 fully saturated rings. The first-order chi connectivity index (χ1) is 18.4. The van der Waals surface area contributed by atoms with Gasteiger partial charge in [0.2, 0.25) is 5.91 Å². The van der Waals surface area contributed by atoms with Gasteiger partial charge in [-0.1, -0.05) is 36.4 Å². The minimum Gasteiger partial charge on any atom is -0.493 e. The molecular weight excluding hydrogens is 484 g/mol. The Labute approximate surface area is 221 Å². The average Bonchev–Trinajstić information content (AvgIpc) is 2.93. The van der Waals surface area contributed by atoms with Crippen molar-refractivity contribution in [1.82, 2.24) is 14.8 Å². The summed E-state index contributed by atoms with van der Waals surface area (Å²) in [6.45, 7) is 1.64. The van der Waals surface area contributed by atoms with Gasteiger partial charge in [-0.2, -0.15) is 0 Å². The van der Waals surface area contributed by atoms with E-state index in [0.29, 0.717) is 43.2 Å². The third kappa shape index (κ3) is 5.37. The van der Waals surface area contributed by atoms with Gasteiger partial charge in [-0.3, -0.25) is 9.59 Å². The highest BCUT2D eigenvalue weighted by atomic mass is 16.5. The monoisotopic (exact) mass is 516 g/mol. The van der Waals surface area contributed by atoms with Gasteiger partial charge in [0.1, 0.15) is 6.04 Å². The number of urea groups is 1. The molecule has 3 aromatic rings. The molecule has 0 aliphatic carbocycles. The summed E-state index contributed by atoms with van der Waals surface area (Å²) in [5.41, 5.74) is 2.45. The first-order valence-electron chi connectivity index (χ1n) is 12.8. The molecule has 3 amide bonds. The lowest BCUT2D eigenvalue weighted by Gasteiger charge is -2.43. The van der Waals surface area contributed by atoms with Crippen molar-refractivity contribution < 1.29 is 19.1 Å². The topological polar surface area (TPSA) is 102 Å². The highest BCUT2D eigenvalue weighted by molar-refractivity contribution is 5.97. The number of hydrogen-bond acceptors (Lipinski definition) is 5. The van der Waals surface area contributed by atoms with Crippen LogP contribution >= 0.6 is 0 Å². The molecule has 198 valence electrons. The molecule has 1 saturated heterocycles. The minimum absolute atomic E-state index is 0.00450. The van der Waals surface area contributed by atoms with Crippen LogP contribution in [0.3, 0.4) is 0 Å². The number of ether oxygens (including phenoxy) is 2. The van der Waals surface area contributed by atoms with Gasteiger partial charge in [0.15, 0.2) is 11.5 Å². The Balaban J connectivity index is 1.33. The van der Waals surface area contributed by atoms with Crippen LogP contribution in [-0.2, 0) is 17.8 Å². The van der Waals surface area contributed by atoms with Crippen LogP contribution in [0.1, 0.15) is 23.6 Å². The number of rotatable bonds is 7. The van der Waals surface area contributed by atoms with E-state index in [1.807, 2.05) is 41.0 Å². The van der Waals surface area contributed by atoms with Crippen molar-refractivity contribution in [1.29, 1.82) is 0 Å². The second-order valence-corrected chi connectivity index (χ2v) is 9.85. The largest absolute Gasteiger partial charge is 0.493 e. The SMILES string of the molecule is COc1ccc(NC(=O)[C@H](Cc2ccccc2)NC(=O)N2C[C@@H]3C[C@H](C2)c2cccc(=O)n2C3)cc1OC. The number of pyridine rings is 1. The molecular formula is C29H32N4O5. The van der Waals surface area contributed by atoms with Gasteiger partial charge in [0, 0.05) is 55.5 Å². The highest BCUT2D eigenvalue weighted by Gasteiger charge is 2.37. The number of anilines is 1. The molecule has 2 aliphatic heterocycles. The van der Waals surface area contributed by atoms with Crippen LogP contribution in [0.5, 0.6) is 11.5 Å². The summed E-state index contributed by atoms with van der Waals surface area (Å²) in [6.07, 6.45) is 1.28. The minimum atomic E-state index is -0.797. The van der Waals surface area contributed by atoms with E-state index in [2.05, 4.69) is 10.6 Å². The fourth-order valence-electron chi connectivity index (χ4n) is 5.51. The van der Waals surface area contributed by atoms with Crippen molar-refractivity contribution in [2.75, 3.05) is 32.6 Å². The lowest BCUT2D eigenvalue weighted by atomic mass is 9.83. The number of amides is 3. The molecule has 1 aromatic heterocycles. The molecule has 38 heavy (non-hydrogen) atoms. The van der Waals surface area contributed by atoms with E-state index in [-0.39, 0.29) is 29.3 Å². The van der Waals surface area contributed by atoms with E-state index in [1.54, 1.807) is 42.3 Å². The van der Waals surface area contributed by atoms with Gasteiger partial charge in [0.05, 0.1) is 14.2 Å². The van der Waals surface area contributed by atoms with Crippen LogP contribution in [0.4, 0.5) is 10.5 Å². The van der Waals surface area contributed by atoms with Crippen LogP contribution in [0.15, 0.2) is 71.5 Å². The molecule has 3 atom stereocenters. The Hall–Kier alpha value is -4.27. The van der Waals surface area contributed by atoms with Gasteiger partial charge in [-0.25, -0.2) is 4.79 Å². The number of carbonyl (C=O) groups excluding carboxylic acids is 2. The second-order valence-electron chi connectivity index (χ2n) is 9.85. The third-order valence-corrected chi connectivity index (χ3v) is 7.31. The molecule has 3 heterocycles. The number of hydrogen-bond donors (Lipinski definition) is 2. The highest BCUT2D eigenvalue weighted by Crippen LogP contribution is 2.35. The van der Waals surface area contributed by atoms with Crippen LogP contribution in [0, 0.1) is 5.92 Å². The van der Waals surface area contributed by atoms with E-state index in [0.717, 1.165) is 17.7 Å². The molecule has 5 rings (SSSR count). The molecule has 0 saturated carbocycles. The van der Waals surface area contributed by atoms with Gasteiger partial charge in [-0.15, -0.1) is 0 Å². The molecule has 9 heteroatoms. The molecule has 2 aromatic carbocycles. The van der Waals surface area contributed by atoms with E-state index in [1.165, 1.54) is 7.11 Å². The predicted octanol–water partition coefficient (Wildman–Crippen LogP) is 3.24. The third-order valence-electron chi connectivity index (χ3n) is 7.31. The summed E-state index contributed by atoms with van der Waals surface area (Å²) in [7, 11) is 3.08. The molecule has 0 radical (unpaired) electrons. The van der Waals surface area contributed by atoms with E-state index in [9.17, 15) is 14.4 Å². The van der Waals surface area contributed by atoms with Crippen molar-refractivity contribution in [3.8, 4) is 11.5 Å². The number of methoxy groups -OCH3 is 2. The Bertz CT molecular complexity index is 1370. The van der Waals surface area contributed by atoms with Crippen molar-refractivity contribution in [3.05, 3.63) is 88.3 Å². The fraction of sp³-hybridized carbons (Fsp3) is 0.345. The number of piperidine rings is 1. The van der Waals surface area contributed by atoms with E-state index >= 15 is 0 Å². The summed E-state index contributed by atoms with van der Waals surface area (Å²) in [5.74, 6) is 1.01. The first kappa shape index (κ1) is 25.4. The molecule has 0 unspecified atom stereocenters. The molecule has 9 nitrogen and oxygen atoms in total. The molecule has 2 aliphatic rings. The van der Waals surface area contributed by atoms with Crippen molar-refractivity contribution in [2.45, 2.75) is 31.3 Å². The second kappa shape index (κ2) is 11.0. The Morgan fingerprint density at radius 2 is 1.74 bits per heavy atom. The summed E-state index contributed by atoms with van der Waals surface area (Å²) in [4.78, 5) is 41.0. The molecule has 2 bridgehead atoms. The Kier molecular flexibility index (Phi) is 7.35. The summed E-state index contributed by atoms with van der Waals surface area (Å²) in [5, 5.41) is 5.89. The maximum atomic E-state index is 13.5. The van der Waals surface area contributed by atoms with Crippen LogP contribution in [0.2, 0.25) is 0 Å². The lowest BCUT2D eigenvalue weighted by Crippen LogP contribution is -2.55. The zero-order valence-corrected chi connectivity index (χ0v) is 21.6. The normalized spacial score (nSPS) is 18.6. The zero-order valence-electron chi connectivity index (χ0n) is 21.6. The first-order valence-corrected chi connectivity index (χ1v) is 12.8. The van der Waals surface area contributed by atoms with Crippen molar-refractivity contribution in [3.63, 3.8) is 0 Å². The van der Waals surface area contributed by atoms with Gasteiger partial charge in [-0.05, 0) is 36.1 Å². The number of fused-ring (bicyclic) bond motifs is 4. The van der Waals surface area contributed by atoms with Crippen LogP contribution in [0.25, 0.3) is 0 Å². The lowest BCUT2D eigenvalue weighted by molar-refractivity contribution is -0.118. The van der Waals surface area contributed by atoms with Gasteiger partial charge >= 0.3 is 6.03 Å². The van der Waals surface area contributed by atoms with Gasteiger partial charge < -0.3 is 29.6 Å². The maximum absolute atomic E-state index is 13.5. The number of nitrogens with zero attached hydrogens (tertiary/aromatic N) is 2. The van der Waals surface area contributed by atoms with Crippen LogP contribution in [-0.4, -0.2) is 54.8 Å². The Morgan fingerprint density at radius 3 is 2.50 bits per heavy atom. The number of aromatic nitrogens is 1. The maximum Gasteiger partial charge on any atom is 0.318 e. The molecule has 0 spiro atoms. The summed E-state index contributed by atoms with van der Waals surface area (Å²) in [6, 6.07) is 19.0. The van der Waals surface area contributed by atoms with E-state index < -0.39 is 6.04 Å². The zero-order chi connectivity index (χ0) is 26.6. The predicted molar refractivity (Wildman–Crippen MR) is 144 cm³/mol. The number of benzene rings is 2. The summed E-state index contributed by atoms with van der Waals surface area (Å²) < 4.78 is 12.5. The van der Waals surface area contributed by atoms with E-state index in [4.69, 9.17) is 9.47 Å². The smallest absolute Gasteiger partial charge is 0.318 e. The number of likely N-dealkylation sites (tertiary alicyclic amines) is 1. The average molecular weight is 517 g/mol. The van der Waals surface area contributed by atoms with Crippen molar-refractivity contribution in [2.24, 2.45) is 5.92 Å². The fourth-order valence-corrected chi connectivity index (χ4v) is 5.51. The standard InChI is InChI=1S/C29H32N4O5/c1-37-25-12-11-22(15-26(25)38-2)30-28(35)23(14-19-7-4-3-5-8-19)31-29(36)32-16-20-13-21(18-32)24-9-6-10-27(34)33(24)17-20/h3-12,15,20-21,23H,13-14,16-18H2,1-2H3,(H,30,35)(H,31,36)/t20-,21+,23-/m0/s1.